The van der Waals surface area contributed by atoms with E-state index in [-0.39, 0.29) is 5.56 Å². The lowest BCUT2D eigenvalue weighted by Crippen LogP contribution is -2.29. The molecule has 0 saturated carbocycles. The summed E-state index contributed by atoms with van der Waals surface area (Å²) in [6, 6.07) is 11.1. The minimum Gasteiger partial charge on any atom is -0.294 e. The van der Waals surface area contributed by atoms with Crippen LogP contribution in [0.15, 0.2) is 53.9 Å². The molecule has 0 aliphatic heterocycles. The van der Waals surface area contributed by atoms with Crippen molar-refractivity contribution in [3.8, 4) is 0 Å². The van der Waals surface area contributed by atoms with Crippen LogP contribution in [-0.4, -0.2) is 20.1 Å². The first kappa shape index (κ1) is 19.5. The summed E-state index contributed by atoms with van der Waals surface area (Å²) < 4.78 is 51.7. The van der Waals surface area contributed by atoms with Crippen molar-refractivity contribution in [2.75, 3.05) is 0 Å². The van der Waals surface area contributed by atoms with E-state index in [9.17, 15) is 26.8 Å². The van der Waals surface area contributed by atoms with Gasteiger partial charge in [-0.25, -0.2) is 21.9 Å². The van der Waals surface area contributed by atoms with Crippen molar-refractivity contribution in [2.45, 2.75) is 12.8 Å². The van der Waals surface area contributed by atoms with E-state index in [1.807, 2.05) is 0 Å². The van der Waals surface area contributed by atoms with Crippen molar-refractivity contribution in [1.29, 1.82) is 0 Å². The van der Waals surface area contributed by atoms with Gasteiger partial charge in [0.15, 0.2) is 5.78 Å². The van der Waals surface area contributed by atoms with Crippen molar-refractivity contribution >= 4 is 27.8 Å². The molecule has 136 valence electrons. The second-order valence-corrected chi connectivity index (χ2v) is 6.90. The highest BCUT2D eigenvalue weighted by atomic mass is 32.2. The van der Waals surface area contributed by atoms with Crippen LogP contribution in [-0.2, 0) is 14.8 Å². The van der Waals surface area contributed by atoms with E-state index in [1.165, 1.54) is 6.08 Å². The van der Waals surface area contributed by atoms with Gasteiger partial charge in [0.25, 0.3) is 10.0 Å². The second kappa shape index (κ2) is 8.48. The summed E-state index contributed by atoms with van der Waals surface area (Å²) >= 11 is 0. The molecule has 0 atom stereocenters. The molecule has 0 aliphatic carbocycles. The van der Waals surface area contributed by atoms with Crippen molar-refractivity contribution in [3.63, 3.8) is 0 Å². The molecule has 2 aromatic carbocycles. The zero-order valence-electron chi connectivity index (χ0n) is 13.5. The minimum absolute atomic E-state index is 0.356. The molecule has 1 N–H and O–H groups in total. The number of hydrogen-bond acceptors (Lipinski definition) is 4. The summed E-state index contributed by atoms with van der Waals surface area (Å²) in [4.78, 5) is 23.6. The van der Waals surface area contributed by atoms with Crippen LogP contribution < -0.4 is 4.72 Å². The van der Waals surface area contributed by atoms with Crippen LogP contribution in [0.4, 0.5) is 8.78 Å². The number of sulfonamides is 1. The third kappa shape index (κ3) is 5.89. The highest BCUT2D eigenvalue weighted by Gasteiger charge is 2.16. The van der Waals surface area contributed by atoms with Crippen molar-refractivity contribution in [1.82, 2.24) is 4.72 Å². The predicted molar refractivity (Wildman–Crippen MR) is 92.5 cm³/mol. The van der Waals surface area contributed by atoms with Gasteiger partial charge in [0.1, 0.15) is 11.6 Å². The van der Waals surface area contributed by atoms with E-state index in [0.29, 0.717) is 11.6 Å². The zero-order chi connectivity index (χ0) is 19.2. The SMILES string of the molecule is O=C(CCC(=O)c1ccc(F)cc1F)NS(=O)(=O)/C=C/c1ccccc1. The number of amides is 1. The lowest BCUT2D eigenvalue weighted by atomic mass is 10.1. The smallest absolute Gasteiger partial charge is 0.257 e. The molecule has 0 saturated heterocycles. The lowest BCUT2D eigenvalue weighted by molar-refractivity contribution is -0.119. The van der Waals surface area contributed by atoms with Gasteiger partial charge in [0, 0.05) is 18.9 Å². The van der Waals surface area contributed by atoms with Crippen LogP contribution in [0.1, 0.15) is 28.8 Å². The molecule has 8 heteroatoms. The Morgan fingerprint density at radius 1 is 1.00 bits per heavy atom. The third-order valence-electron chi connectivity index (χ3n) is 3.31. The molecule has 2 aromatic rings. The molecule has 0 aromatic heterocycles. The van der Waals surface area contributed by atoms with Crippen molar-refractivity contribution in [3.05, 3.63) is 76.7 Å². The number of nitrogens with one attached hydrogen (secondary N) is 1. The molecule has 5 nitrogen and oxygen atoms in total. The lowest BCUT2D eigenvalue weighted by Gasteiger charge is -2.04. The van der Waals surface area contributed by atoms with Crippen LogP contribution in [0, 0.1) is 11.6 Å². The topological polar surface area (TPSA) is 80.3 Å². The molecule has 26 heavy (non-hydrogen) atoms. The summed E-state index contributed by atoms with van der Waals surface area (Å²) in [5.74, 6) is -3.49. The summed E-state index contributed by atoms with van der Waals surface area (Å²) in [5.41, 5.74) is 0.276. The van der Waals surface area contributed by atoms with E-state index in [4.69, 9.17) is 0 Å². The highest BCUT2D eigenvalue weighted by molar-refractivity contribution is 7.93. The highest BCUT2D eigenvalue weighted by Crippen LogP contribution is 2.13. The maximum Gasteiger partial charge on any atom is 0.257 e. The molecule has 0 fully saturated rings. The average molecular weight is 379 g/mol. The number of Topliss-reactive ketones (excluding diaryl/α,β-unsaturated/α-hetero) is 1. The number of benzene rings is 2. The Balaban J connectivity index is 1.91. The quantitative estimate of drug-likeness (QED) is 0.750. The number of rotatable bonds is 7. The summed E-state index contributed by atoms with van der Waals surface area (Å²) in [6.07, 6.45) is 0.453. The van der Waals surface area contributed by atoms with Gasteiger partial charge in [-0.3, -0.25) is 9.59 Å². The number of ketones is 1. The molecule has 1 amide bonds. The molecule has 0 radical (unpaired) electrons. The van der Waals surface area contributed by atoms with Crippen molar-refractivity contribution < 1.29 is 26.8 Å². The fourth-order valence-electron chi connectivity index (χ4n) is 2.05. The average Bonchev–Trinajstić information content (AvgIpc) is 2.58. The first-order valence-electron chi connectivity index (χ1n) is 7.54. The zero-order valence-corrected chi connectivity index (χ0v) is 14.3. The van der Waals surface area contributed by atoms with E-state index in [0.717, 1.165) is 17.5 Å². The largest absolute Gasteiger partial charge is 0.294 e. The predicted octanol–water partition coefficient (Wildman–Crippen LogP) is 3.04. The van der Waals surface area contributed by atoms with Crippen LogP contribution >= 0.6 is 0 Å². The standard InChI is InChI=1S/C18H15F2NO4S/c19-14-6-7-15(16(20)12-14)17(22)8-9-18(23)21-26(24,25)11-10-13-4-2-1-3-5-13/h1-7,10-12H,8-9H2,(H,21,23)/b11-10+. The number of halogens is 2. The monoisotopic (exact) mass is 379 g/mol. The Morgan fingerprint density at radius 2 is 1.69 bits per heavy atom. The van der Waals surface area contributed by atoms with Gasteiger partial charge in [-0.05, 0) is 23.8 Å². The van der Waals surface area contributed by atoms with Crippen LogP contribution in [0.5, 0.6) is 0 Å². The van der Waals surface area contributed by atoms with Gasteiger partial charge in [-0.2, -0.15) is 0 Å². The van der Waals surface area contributed by atoms with Gasteiger partial charge in [0.05, 0.1) is 11.0 Å². The van der Waals surface area contributed by atoms with Gasteiger partial charge < -0.3 is 0 Å². The molecule has 0 aliphatic rings. The van der Waals surface area contributed by atoms with E-state index < -0.39 is 46.2 Å². The van der Waals surface area contributed by atoms with Gasteiger partial charge in [-0.1, -0.05) is 30.3 Å². The maximum atomic E-state index is 13.5. The Bertz CT molecular complexity index is 941. The minimum atomic E-state index is -4.02. The van der Waals surface area contributed by atoms with Crippen LogP contribution in [0.2, 0.25) is 0 Å². The number of hydrogen-bond donors (Lipinski definition) is 1. The van der Waals surface area contributed by atoms with E-state index in [2.05, 4.69) is 0 Å². The Morgan fingerprint density at radius 3 is 2.35 bits per heavy atom. The maximum absolute atomic E-state index is 13.5. The Labute approximate surface area is 149 Å². The molecule has 0 unspecified atom stereocenters. The van der Waals surface area contributed by atoms with Crippen LogP contribution in [0.3, 0.4) is 0 Å². The molecule has 2 rings (SSSR count). The summed E-state index contributed by atoms with van der Waals surface area (Å²) in [5, 5.41) is 0.835. The third-order valence-corrected chi connectivity index (χ3v) is 4.31. The van der Waals surface area contributed by atoms with E-state index in [1.54, 1.807) is 35.1 Å². The molecule has 0 heterocycles. The number of carbonyl (C=O) groups excluding carboxylic acids is 2. The van der Waals surface area contributed by atoms with E-state index >= 15 is 0 Å². The van der Waals surface area contributed by atoms with Gasteiger partial charge in [-0.15, -0.1) is 0 Å². The fourth-order valence-corrected chi connectivity index (χ4v) is 2.88. The number of carbonyl (C=O) groups is 2. The Hall–Kier alpha value is -2.87. The normalized spacial score (nSPS) is 11.5. The van der Waals surface area contributed by atoms with Crippen molar-refractivity contribution in [2.24, 2.45) is 0 Å². The fraction of sp³-hybridized carbons (Fsp3) is 0.111. The molecular weight excluding hydrogens is 364 g/mol. The first-order valence-corrected chi connectivity index (χ1v) is 9.08. The first-order chi connectivity index (χ1) is 12.3. The van der Waals surface area contributed by atoms with Gasteiger partial charge >= 0.3 is 0 Å². The molecule has 0 bridgehead atoms. The molecule has 0 spiro atoms. The second-order valence-electron chi connectivity index (χ2n) is 5.33. The van der Waals surface area contributed by atoms with Gasteiger partial charge in [0.2, 0.25) is 5.91 Å². The molecular formula is C18H15F2NO4S. The Kier molecular flexibility index (Phi) is 6.35. The summed E-state index contributed by atoms with van der Waals surface area (Å²) in [7, 11) is -4.02. The summed E-state index contributed by atoms with van der Waals surface area (Å²) in [6.45, 7) is 0. The van der Waals surface area contributed by atoms with Crippen LogP contribution in [0.25, 0.3) is 6.08 Å².